The van der Waals surface area contributed by atoms with E-state index in [1.807, 2.05) is 24.0 Å². The van der Waals surface area contributed by atoms with Crippen molar-refractivity contribution in [1.29, 1.82) is 0 Å². The van der Waals surface area contributed by atoms with Gasteiger partial charge in [0.2, 0.25) is 0 Å². The fourth-order valence-corrected chi connectivity index (χ4v) is 4.98. The Bertz CT molecular complexity index is 1080. The minimum absolute atomic E-state index is 0.000903. The Kier molecular flexibility index (Phi) is 5.74. The lowest BCUT2D eigenvalue weighted by Gasteiger charge is -2.44. The summed E-state index contributed by atoms with van der Waals surface area (Å²) in [5.41, 5.74) is 3.87. The zero-order valence-electron chi connectivity index (χ0n) is 18.9. The number of likely N-dealkylation sites (tertiary alicyclic amines) is 1. The van der Waals surface area contributed by atoms with Crippen LogP contribution in [-0.4, -0.2) is 71.2 Å². The molecule has 1 aromatic carbocycles. The summed E-state index contributed by atoms with van der Waals surface area (Å²) < 4.78 is 5.65. The number of carbonyl (C=O) groups is 1. The number of benzene rings is 1. The third-order valence-electron chi connectivity index (χ3n) is 6.77. The van der Waals surface area contributed by atoms with Gasteiger partial charge in [0, 0.05) is 57.1 Å². The Morgan fingerprint density at radius 3 is 2.62 bits per heavy atom. The SMILES string of the molecule is Cc1ccc(-c2cc(C(=O)N3CCCC(N4CCN(c5ccccc5C)CC4)C3)n[nH]2)o1. The summed E-state index contributed by atoms with van der Waals surface area (Å²) in [6, 6.07) is 14.6. The molecule has 1 unspecified atom stereocenters. The highest BCUT2D eigenvalue weighted by atomic mass is 16.3. The van der Waals surface area contributed by atoms with Crippen molar-refractivity contribution in [3.8, 4) is 11.5 Å². The lowest BCUT2D eigenvalue weighted by molar-refractivity contribution is 0.0558. The largest absolute Gasteiger partial charge is 0.460 e. The van der Waals surface area contributed by atoms with Gasteiger partial charge in [0.25, 0.3) is 5.91 Å². The number of furan rings is 1. The van der Waals surface area contributed by atoms with E-state index in [9.17, 15) is 4.79 Å². The van der Waals surface area contributed by atoms with E-state index in [1.54, 1.807) is 6.07 Å². The number of aromatic amines is 1. The van der Waals surface area contributed by atoms with Crippen molar-refractivity contribution in [3.05, 3.63) is 59.5 Å². The third kappa shape index (κ3) is 4.17. The van der Waals surface area contributed by atoms with Crippen LogP contribution in [0.2, 0.25) is 0 Å². The molecular formula is C25H31N5O2. The normalized spacial score (nSPS) is 20.0. The van der Waals surface area contributed by atoms with E-state index in [-0.39, 0.29) is 5.91 Å². The number of aromatic nitrogens is 2. The Morgan fingerprint density at radius 2 is 1.88 bits per heavy atom. The quantitative estimate of drug-likeness (QED) is 0.679. The summed E-state index contributed by atoms with van der Waals surface area (Å²) in [5, 5.41) is 7.22. The maximum atomic E-state index is 13.1. The highest BCUT2D eigenvalue weighted by molar-refractivity contribution is 5.93. The summed E-state index contributed by atoms with van der Waals surface area (Å²) in [6.07, 6.45) is 2.18. The number of para-hydroxylation sites is 1. The third-order valence-corrected chi connectivity index (χ3v) is 6.77. The molecule has 1 atom stereocenters. The molecule has 32 heavy (non-hydrogen) atoms. The Balaban J connectivity index is 1.20. The second-order valence-electron chi connectivity index (χ2n) is 8.93. The zero-order chi connectivity index (χ0) is 22.1. The van der Waals surface area contributed by atoms with Crippen LogP contribution in [0.4, 0.5) is 5.69 Å². The standard InChI is InChI=1S/C25H31N5O2/c1-18-6-3-4-8-23(18)29-14-12-28(13-15-29)20-7-5-11-30(17-20)25(31)22-16-21(26-27-22)24-10-9-19(2)32-24/h3-4,6,8-10,16,20H,5,7,11-15,17H2,1-2H3,(H,26,27). The molecule has 2 aliphatic heterocycles. The van der Waals surface area contributed by atoms with Crippen molar-refractivity contribution in [2.24, 2.45) is 0 Å². The lowest BCUT2D eigenvalue weighted by Crippen LogP contribution is -2.56. The Morgan fingerprint density at radius 1 is 1.06 bits per heavy atom. The molecule has 1 N–H and O–H groups in total. The minimum atomic E-state index is -0.000903. The van der Waals surface area contributed by atoms with Crippen molar-refractivity contribution in [1.82, 2.24) is 20.0 Å². The molecule has 5 rings (SSSR count). The molecule has 3 aromatic rings. The molecule has 0 aliphatic carbocycles. The molecule has 168 valence electrons. The van der Waals surface area contributed by atoms with Crippen molar-refractivity contribution in [2.75, 3.05) is 44.2 Å². The summed E-state index contributed by atoms with van der Waals surface area (Å²) in [5.74, 6) is 1.54. The molecule has 0 spiro atoms. The number of piperidine rings is 1. The van der Waals surface area contributed by atoms with E-state index < -0.39 is 0 Å². The van der Waals surface area contributed by atoms with Crippen LogP contribution in [0.25, 0.3) is 11.5 Å². The Hall–Kier alpha value is -3.06. The van der Waals surface area contributed by atoms with Gasteiger partial charge < -0.3 is 14.2 Å². The highest BCUT2D eigenvalue weighted by Crippen LogP contribution is 2.25. The van der Waals surface area contributed by atoms with E-state index in [1.165, 1.54) is 11.3 Å². The van der Waals surface area contributed by atoms with Gasteiger partial charge in [-0.1, -0.05) is 18.2 Å². The van der Waals surface area contributed by atoms with Crippen LogP contribution in [-0.2, 0) is 0 Å². The molecule has 4 heterocycles. The average Bonchev–Trinajstić information content (AvgIpc) is 3.48. The van der Waals surface area contributed by atoms with Gasteiger partial charge in [0.15, 0.2) is 11.5 Å². The number of nitrogens with one attached hydrogen (secondary N) is 1. The number of anilines is 1. The van der Waals surface area contributed by atoms with Crippen LogP contribution in [0.3, 0.4) is 0 Å². The van der Waals surface area contributed by atoms with E-state index in [0.29, 0.717) is 17.5 Å². The predicted octanol–water partition coefficient (Wildman–Crippen LogP) is 3.71. The fraction of sp³-hybridized carbons (Fsp3) is 0.440. The number of nitrogens with zero attached hydrogens (tertiary/aromatic N) is 4. The van der Waals surface area contributed by atoms with Gasteiger partial charge >= 0.3 is 0 Å². The Labute approximate surface area is 189 Å². The fourth-order valence-electron chi connectivity index (χ4n) is 4.98. The second kappa shape index (κ2) is 8.82. The topological polar surface area (TPSA) is 68.6 Å². The lowest BCUT2D eigenvalue weighted by atomic mass is 10.0. The van der Waals surface area contributed by atoms with Gasteiger partial charge in [-0.25, -0.2) is 0 Å². The average molecular weight is 434 g/mol. The molecule has 0 radical (unpaired) electrons. The molecule has 0 bridgehead atoms. The van der Waals surface area contributed by atoms with Crippen LogP contribution in [0.1, 0.15) is 34.7 Å². The van der Waals surface area contributed by atoms with Gasteiger partial charge in [-0.05, 0) is 50.5 Å². The number of amides is 1. The van der Waals surface area contributed by atoms with E-state index in [0.717, 1.165) is 63.6 Å². The van der Waals surface area contributed by atoms with Crippen LogP contribution >= 0.6 is 0 Å². The van der Waals surface area contributed by atoms with Gasteiger partial charge in [-0.3, -0.25) is 14.8 Å². The van der Waals surface area contributed by atoms with Crippen molar-refractivity contribution < 1.29 is 9.21 Å². The van der Waals surface area contributed by atoms with Crippen molar-refractivity contribution in [2.45, 2.75) is 32.7 Å². The number of aryl methyl sites for hydroxylation is 2. The summed E-state index contributed by atoms with van der Waals surface area (Å²) >= 11 is 0. The van der Waals surface area contributed by atoms with Crippen molar-refractivity contribution in [3.63, 3.8) is 0 Å². The number of piperazine rings is 1. The molecule has 2 fully saturated rings. The maximum absolute atomic E-state index is 13.1. The first kappa shape index (κ1) is 20.8. The number of rotatable bonds is 4. The summed E-state index contributed by atoms with van der Waals surface area (Å²) in [6.45, 7) is 9.77. The molecule has 2 aromatic heterocycles. The molecule has 2 saturated heterocycles. The van der Waals surface area contributed by atoms with Crippen LogP contribution in [0.5, 0.6) is 0 Å². The molecule has 7 nitrogen and oxygen atoms in total. The minimum Gasteiger partial charge on any atom is -0.460 e. The van der Waals surface area contributed by atoms with Gasteiger partial charge in [0.1, 0.15) is 11.5 Å². The van der Waals surface area contributed by atoms with Crippen LogP contribution in [0, 0.1) is 13.8 Å². The molecular weight excluding hydrogens is 402 g/mol. The zero-order valence-corrected chi connectivity index (χ0v) is 18.9. The van der Waals surface area contributed by atoms with Crippen LogP contribution < -0.4 is 4.90 Å². The first-order chi connectivity index (χ1) is 15.6. The van der Waals surface area contributed by atoms with E-state index in [4.69, 9.17) is 4.42 Å². The summed E-state index contributed by atoms with van der Waals surface area (Å²) in [4.78, 5) is 20.2. The molecule has 7 heteroatoms. The van der Waals surface area contributed by atoms with Crippen LogP contribution in [0.15, 0.2) is 46.9 Å². The smallest absolute Gasteiger partial charge is 0.274 e. The van der Waals surface area contributed by atoms with Gasteiger partial charge in [-0.2, -0.15) is 5.10 Å². The van der Waals surface area contributed by atoms with Gasteiger partial charge in [0.05, 0.1) is 0 Å². The predicted molar refractivity (Wildman–Crippen MR) is 125 cm³/mol. The number of carbonyl (C=O) groups excluding carboxylic acids is 1. The molecule has 1 amide bonds. The van der Waals surface area contributed by atoms with E-state index in [2.05, 4.69) is 51.2 Å². The number of hydrogen-bond acceptors (Lipinski definition) is 5. The van der Waals surface area contributed by atoms with E-state index >= 15 is 0 Å². The van der Waals surface area contributed by atoms with Gasteiger partial charge in [-0.15, -0.1) is 0 Å². The number of hydrogen-bond donors (Lipinski definition) is 1. The maximum Gasteiger partial charge on any atom is 0.274 e. The number of H-pyrrole nitrogens is 1. The molecule has 2 aliphatic rings. The monoisotopic (exact) mass is 433 g/mol. The molecule has 0 saturated carbocycles. The highest BCUT2D eigenvalue weighted by Gasteiger charge is 2.31. The summed E-state index contributed by atoms with van der Waals surface area (Å²) in [7, 11) is 0. The van der Waals surface area contributed by atoms with Crippen molar-refractivity contribution >= 4 is 11.6 Å². The first-order valence-electron chi connectivity index (χ1n) is 11.5. The first-order valence-corrected chi connectivity index (χ1v) is 11.5. The second-order valence-corrected chi connectivity index (χ2v) is 8.93.